The Morgan fingerprint density at radius 1 is 1.19 bits per heavy atom. The summed E-state index contributed by atoms with van der Waals surface area (Å²) in [5.41, 5.74) is 0.999. The second-order valence-corrected chi connectivity index (χ2v) is 5.74. The van der Waals surface area contributed by atoms with Crippen LogP contribution in [0.15, 0.2) is 29.3 Å². The number of nitrogens with zero attached hydrogens (tertiary/aromatic N) is 3. The maximum atomic E-state index is 12.4. The molecule has 0 spiro atoms. The average molecular weight is 502 g/mol. The molecule has 1 N–H and O–H groups in total. The van der Waals surface area contributed by atoms with Gasteiger partial charge in [-0.2, -0.15) is 13.2 Å². The van der Waals surface area contributed by atoms with E-state index in [4.69, 9.17) is 4.74 Å². The summed E-state index contributed by atoms with van der Waals surface area (Å²) >= 11 is 0. The molecule has 0 saturated heterocycles. The summed E-state index contributed by atoms with van der Waals surface area (Å²) in [6, 6.07) is 7.48. The van der Waals surface area contributed by atoms with Crippen LogP contribution in [0.2, 0.25) is 0 Å². The molecule has 0 aliphatic rings. The third kappa shape index (κ3) is 9.68. The number of benzene rings is 1. The van der Waals surface area contributed by atoms with E-state index in [-0.39, 0.29) is 30.5 Å². The number of alkyl halides is 3. The van der Waals surface area contributed by atoms with Crippen molar-refractivity contribution >= 4 is 35.8 Å². The predicted octanol–water partition coefficient (Wildman–Crippen LogP) is 2.73. The molecule has 6 nitrogen and oxygen atoms in total. The number of likely N-dealkylation sites (N-methyl/N-ethyl adjacent to an activating group) is 1. The summed E-state index contributed by atoms with van der Waals surface area (Å²) in [6.45, 7) is 1.30. The summed E-state index contributed by atoms with van der Waals surface area (Å²) in [4.78, 5) is 18.4. The molecule has 1 aromatic rings. The Labute approximate surface area is 174 Å². The van der Waals surface area contributed by atoms with Gasteiger partial charge in [0, 0.05) is 27.2 Å². The Bertz CT molecular complexity index is 609. The summed E-state index contributed by atoms with van der Waals surface area (Å²) < 4.78 is 42.2. The fraction of sp³-hybridized carbons (Fsp3) is 0.529. The minimum atomic E-state index is -4.43. The van der Waals surface area contributed by atoms with E-state index in [9.17, 15) is 18.0 Å². The van der Waals surface area contributed by atoms with E-state index in [0.29, 0.717) is 23.9 Å². The zero-order valence-corrected chi connectivity index (χ0v) is 18.2. The standard InChI is InChI=1S/C17H25F3N4O2.HI/c1-5-21-16(22-10-15(25)24(3)12-17(18,19)20)23(2)11-13-6-8-14(26-4)9-7-13;/h6-9H,5,10-12H2,1-4H3,(H,21,22);1H. The molecule has 0 aromatic heterocycles. The number of carbonyl (C=O) groups excluding carboxylic acids is 1. The molecule has 0 saturated carbocycles. The van der Waals surface area contributed by atoms with Gasteiger partial charge in [-0.1, -0.05) is 12.1 Å². The number of rotatable bonds is 7. The molecular weight excluding hydrogens is 476 g/mol. The molecule has 0 unspecified atom stereocenters. The number of carbonyl (C=O) groups is 1. The van der Waals surface area contributed by atoms with Crippen LogP contribution in [0.4, 0.5) is 13.2 Å². The fourth-order valence-electron chi connectivity index (χ4n) is 2.17. The van der Waals surface area contributed by atoms with Crippen molar-refractivity contribution in [3.63, 3.8) is 0 Å². The number of nitrogens with one attached hydrogen (secondary N) is 1. The number of methoxy groups -OCH3 is 1. The van der Waals surface area contributed by atoms with Gasteiger partial charge in [-0.25, -0.2) is 4.99 Å². The smallest absolute Gasteiger partial charge is 0.406 e. The van der Waals surface area contributed by atoms with Crippen LogP contribution in [0.3, 0.4) is 0 Å². The SMILES string of the molecule is CCNC(=NCC(=O)N(C)CC(F)(F)F)N(C)Cc1ccc(OC)cc1.I. The number of guanidine groups is 1. The number of hydrogen-bond acceptors (Lipinski definition) is 3. The third-order valence-electron chi connectivity index (χ3n) is 3.48. The molecule has 1 aromatic carbocycles. The topological polar surface area (TPSA) is 57.2 Å². The van der Waals surface area contributed by atoms with Crippen molar-refractivity contribution in [1.82, 2.24) is 15.1 Å². The Morgan fingerprint density at radius 2 is 1.78 bits per heavy atom. The second-order valence-electron chi connectivity index (χ2n) is 5.74. The molecule has 1 amide bonds. The van der Waals surface area contributed by atoms with Crippen molar-refractivity contribution in [3.05, 3.63) is 29.8 Å². The van der Waals surface area contributed by atoms with Crippen LogP contribution in [-0.4, -0.2) is 68.7 Å². The van der Waals surface area contributed by atoms with Crippen LogP contribution in [0.5, 0.6) is 5.75 Å². The highest BCUT2D eigenvalue weighted by Crippen LogP contribution is 2.15. The van der Waals surface area contributed by atoms with Crippen LogP contribution in [0, 0.1) is 0 Å². The van der Waals surface area contributed by atoms with Crippen molar-refractivity contribution in [2.45, 2.75) is 19.6 Å². The maximum absolute atomic E-state index is 12.4. The Kier molecular flexibility index (Phi) is 11.1. The van der Waals surface area contributed by atoms with Crippen LogP contribution < -0.4 is 10.1 Å². The number of ether oxygens (including phenoxy) is 1. The first kappa shape index (κ1) is 25.3. The molecule has 0 radical (unpaired) electrons. The second kappa shape index (κ2) is 11.9. The summed E-state index contributed by atoms with van der Waals surface area (Å²) in [7, 11) is 4.48. The predicted molar refractivity (Wildman–Crippen MR) is 110 cm³/mol. The fourth-order valence-corrected chi connectivity index (χ4v) is 2.17. The number of amides is 1. The monoisotopic (exact) mass is 502 g/mol. The molecule has 0 atom stereocenters. The quantitative estimate of drug-likeness (QED) is 0.354. The van der Waals surface area contributed by atoms with Crippen molar-refractivity contribution < 1.29 is 22.7 Å². The Balaban J connectivity index is 0.00000676. The van der Waals surface area contributed by atoms with Gasteiger partial charge in [-0.15, -0.1) is 24.0 Å². The largest absolute Gasteiger partial charge is 0.497 e. The zero-order chi connectivity index (χ0) is 19.7. The summed E-state index contributed by atoms with van der Waals surface area (Å²) in [5, 5.41) is 3.03. The molecule has 0 aliphatic carbocycles. The molecule has 27 heavy (non-hydrogen) atoms. The highest BCUT2D eigenvalue weighted by atomic mass is 127. The molecule has 0 heterocycles. The molecular formula is C17H26F3IN4O2. The van der Waals surface area contributed by atoms with E-state index in [0.717, 1.165) is 18.4 Å². The van der Waals surface area contributed by atoms with Gasteiger partial charge >= 0.3 is 6.18 Å². The lowest BCUT2D eigenvalue weighted by Gasteiger charge is -2.23. The first-order valence-electron chi connectivity index (χ1n) is 8.09. The Morgan fingerprint density at radius 3 is 2.26 bits per heavy atom. The first-order chi connectivity index (χ1) is 12.2. The van der Waals surface area contributed by atoms with E-state index in [1.54, 1.807) is 19.1 Å². The lowest BCUT2D eigenvalue weighted by Crippen LogP contribution is -2.41. The van der Waals surface area contributed by atoms with Gasteiger partial charge in [0.25, 0.3) is 0 Å². The van der Waals surface area contributed by atoms with Gasteiger partial charge in [-0.3, -0.25) is 4.79 Å². The van der Waals surface area contributed by atoms with Gasteiger partial charge < -0.3 is 19.9 Å². The van der Waals surface area contributed by atoms with E-state index in [2.05, 4.69) is 10.3 Å². The van der Waals surface area contributed by atoms with Crippen molar-refractivity contribution in [2.24, 2.45) is 4.99 Å². The lowest BCUT2D eigenvalue weighted by molar-refractivity contribution is -0.157. The first-order valence-corrected chi connectivity index (χ1v) is 8.09. The number of halogens is 4. The van der Waals surface area contributed by atoms with Crippen molar-refractivity contribution in [2.75, 3.05) is 40.8 Å². The Hall–Kier alpha value is -1.72. The third-order valence-corrected chi connectivity index (χ3v) is 3.48. The van der Waals surface area contributed by atoms with Crippen molar-refractivity contribution in [1.29, 1.82) is 0 Å². The zero-order valence-electron chi connectivity index (χ0n) is 15.8. The molecule has 10 heteroatoms. The summed E-state index contributed by atoms with van der Waals surface area (Å²) in [5.74, 6) is 0.489. The van der Waals surface area contributed by atoms with Gasteiger partial charge in [-0.05, 0) is 24.6 Å². The van der Waals surface area contributed by atoms with Gasteiger partial charge in [0.05, 0.1) is 7.11 Å². The highest BCUT2D eigenvalue weighted by molar-refractivity contribution is 14.0. The number of aliphatic imine (C=N–C) groups is 1. The van der Waals surface area contributed by atoms with Crippen molar-refractivity contribution in [3.8, 4) is 5.75 Å². The molecule has 154 valence electrons. The highest BCUT2D eigenvalue weighted by Gasteiger charge is 2.31. The molecule has 0 bridgehead atoms. The van der Waals surface area contributed by atoms with E-state index in [1.807, 2.05) is 31.2 Å². The molecule has 0 aliphatic heterocycles. The lowest BCUT2D eigenvalue weighted by atomic mass is 10.2. The minimum Gasteiger partial charge on any atom is -0.497 e. The van der Waals surface area contributed by atoms with E-state index >= 15 is 0 Å². The summed E-state index contributed by atoms with van der Waals surface area (Å²) in [6.07, 6.45) is -4.43. The number of hydrogen-bond donors (Lipinski definition) is 1. The minimum absolute atomic E-state index is 0. The van der Waals surface area contributed by atoms with Crippen LogP contribution in [-0.2, 0) is 11.3 Å². The van der Waals surface area contributed by atoms with E-state index in [1.165, 1.54) is 0 Å². The molecule has 0 fully saturated rings. The van der Waals surface area contributed by atoms with Crippen LogP contribution >= 0.6 is 24.0 Å². The van der Waals surface area contributed by atoms with Gasteiger partial charge in [0.2, 0.25) is 5.91 Å². The van der Waals surface area contributed by atoms with E-state index < -0.39 is 18.6 Å². The normalized spacial score (nSPS) is 11.4. The van der Waals surface area contributed by atoms with Gasteiger partial charge in [0.15, 0.2) is 5.96 Å². The maximum Gasteiger partial charge on any atom is 0.406 e. The average Bonchev–Trinajstić information content (AvgIpc) is 2.57. The molecule has 1 rings (SSSR count). The van der Waals surface area contributed by atoms with Gasteiger partial charge in [0.1, 0.15) is 18.8 Å². The van der Waals surface area contributed by atoms with Crippen LogP contribution in [0.25, 0.3) is 0 Å². The van der Waals surface area contributed by atoms with Crippen LogP contribution in [0.1, 0.15) is 12.5 Å².